The highest BCUT2D eigenvalue weighted by Crippen LogP contribution is 2.44. The van der Waals surface area contributed by atoms with E-state index in [0.29, 0.717) is 24.2 Å². The normalized spacial score (nSPS) is 20.4. The average molecular weight is 349 g/mol. The van der Waals surface area contributed by atoms with Crippen LogP contribution in [-0.2, 0) is 6.54 Å². The molecule has 2 aromatic carbocycles. The van der Waals surface area contributed by atoms with Crippen molar-refractivity contribution in [2.75, 3.05) is 13.7 Å². The van der Waals surface area contributed by atoms with Gasteiger partial charge in [0, 0.05) is 18.9 Å². The van der Waals surface area contributed by atoms with E-state index in [4.69, 9.17) is 9.15 Å². The minimum atomic E-state index is 0.250. The number of hydrogen-bond acceptors (Lipinski definition) is 5. The lowest BCUT2D eigenvalue weighted by atomic mass is 9.87. The van der Waals surface area contributed by atoms with Crippen molar-refractivity contribution < 1.29 is 9.15 Å². The van der Waals surface area contributed by atoms with Crippen LogP contribution < -0.4 is 4.74 Å². The second-order valence-electron chi connectivity index (χ2n) is 6.71. The lowest BCUT2D eigenvalue weighted by Crippen LogP contribution is -2.25. The second-order valence-corrected chi connectivity index (χ2v) is 6.71. The van der Waals surface area contributed by atoms with Gasteiger partial charge in [-0.15, -0.1) is 10.2 Å². The number of nitrogens with zero attached hydrogens (tertiary/aromatic N) is 3. The standard InChI is InChI=1S/C21H23N3O2/c1-15-22-23-20(26-15)14-24-12-11-19(16-7-4-3-5-8-16)21(24)17-9-6-10-18(13-17)25-2/h3-10,13,19,21H,11-12,14H2,1-2H3/t19-,21-/m0/s1. The van der Waals surface area contributed by atoms with Gasteiger partial charge in [0.25, 0.3) is 0 Å². The largest absolute Gasteiger partial charge is 0.497 e. The smallest absolute Gasteiger partial charge is 0.230 e. The van der Waals surface area contributed by atoms with Crippen molar-refractivity contribution >= 4 is 0 Å². The first-order valence-corrected chi connectivity index (χ1v) is 8.96. The molecule has 4 rings (SSSR count). The van der Waals surface area contributed by atoms with E-state index in [1.165, 1.54) is 11.1 Å². The van der Waals surface area contributed by atoms with Gasteiger partial charge in [0.15, 0.2) is 0 Å². The maximum Gasteiger partial charge on any atom is 0.230 e. The molecule has 2 atom stereocenters. The van der Waals surface area contributed by atoms with Crippen LogP contribution in [0.5, 0.6) is 5.75 Å². The number of aryl methyl sites for hydroxylation is 1. The molecule has 134 valence electrons. The van der Waals surface area contributed by atoms with Gasteiger partial charge in [-0.2, -0.15) is 0 Å². The van der Waals surface area contributed by atoms with E-state index in [2.05, 4.69) is 63.6 Å². The molecule has 1 aromatic heterocycles. The van der Waals surface area contributed by atoms with Gasteiger partial charge < -0.3 is 9.15 Å². The molecule has 0 unspecified atom stereocenters. The average Bonchev–Trinajstić information content (AvgIpc) is 3.29. The predicted molar refractivity (Wildman–Crippen MR) is 99.0 cm³/mol. The van der Waals surface area contributed by atoms with Crippen LogP contribution >= 0.6 is 0 Å². The Balaban J connectivity index is 1.69. The van der Waals surface area contributed by atoms with Gasteiger partial charge in [-0.3, -0.25) is 4.90 Å². The lowest BCUT2D eigenvalue weighted by Gasteiger charge is -2.28. The highest BCUT2D eigenvalue weighted by atomic mass is 16.5. The van der Waals surface area contributed by atoms with E-state index in [0.717, 1.165) is 18.7 Å². The Bertz CT molecular complexity index is 862. The Kier molecular flexibility index (Phi) is 4.71. The van der Waals surface area contributed by atoms with Gasteiger partial charge in [0.05, 0.1) is 13.7 Å². The molecule has 1 saturated heterocycles. The summed E-state index contributed by atoms with van der Waals surface area (Å²) in [6.07, 6.45) is 1.10. The maximum absolute atomic E-state index is 5.63. The monoisotopic (exact) mass is 349 g/mol. The fourth-order valence-corrected chi connectivity index (χ4v) is 3.93. The first-order chi connectivity index (χ1) is 12.7. The second kappa shape index (κ2) is 7.30. The first kappa shape index (κ1) is 16.8. The Morgan fingerprint density at radius 2 is 1.88 bits per heavy atom. The molecular formula is C21H23N3O2. The number of likely N-dealkylation sites (tertiary alicyclic amines) is 1. The van der Waals surface area contributed by atoms with Crippen LogP contribution in [0.2, 0.25) is 0 Å². The SMILES string of the molecule is COc1cccc([C@H]2[C@H](c3ccccc3)CCN2Cc2nnc(C)o2)c1. The number of benzene rings is 2. The summed E-state index contributed by atoms with van der Waals surface area (Å²) in [4.78, 5) is 2.43. The van der Waals surface area contributed by atoms with Gasteiger partial charge >= 0.3 is 0 Å². The van der Waals surface area contributed by atoms with Crippen LogP contribution in [0.25, 0.3) is 0 Å². The quantitative estimate of drug-likeness (QED) is 0.693. The van der Waals surface area contributed by atoms with Crippen LogP contribution in [0.3, 0.4) is 0 Å². The zero-order chi connectivity index (χ0) is 17.9. The van der Waals surface area contributed by atoms with Crippen molar-refractivity contribution in [2.24, 2.45) is 0 Å². The first-order valence-electron chi connectivity index (χ1n) is 8.96. The number of hydrogen-bond donors (Lipinski definition) is 0. The fraction of sp³-hybridized carbons (Fsp3) is 0.333. The molecule has 0 radical (unpaired) electrons. The number of aromatic nitrogens is 2. The summed E-state index contributed by atoms with van der Waals surface area (Å²) in [5.41, 5.74) is 2.62. The predicted octanol–water partition coefficient (Wildman–Crippen LogP) is 4.12. The topological polar surface area (TPSA) is 51.4 Å². The van der Waals surface area contributed by atoms with Crippen molar-refractivity contribution in [3.63, 3.8) is 0 Å². The van der Waals surface area contributed by atoms with Gasteiger partial charge in [-0.25, -0.2) is 0 Å². The Hall–Kier alpha value is -2.66. The highest BCUT2D eigenvalue weighted by molar-refractivity contribution is 5.35. The fourth-order valence-electron chi connectivity index (χ4n) is 3.93. The Morgan fingerprint density at radius 3 is 2.62 bits per heavy atom. The van der Waals surface area contributed by atoms with Crippen LogP contribution in [-0.4, -0.2) is 28.8 Å². The van der Waals surface area contributed by atoms with Crippen molar-refractivity contribution in [3.8, 4) is 5.75 Å². The van der Waals surface area contributed by atoms with Gasteiger partial charge in [-0.05, 0) is 36.2 Å². The molecule has 5 nitrogen and oxygen atoms in total. The lowest BCUT2D eigenvalue weighted by molar-refractivity contribution is 0.214. The van der Waals surface area contributed by atoms with Crippen LogP contribution in [0.4, 0.5) is 0 Å². The van der Waals surface area contributed by atoms with E-state index in [1.54, 1.807) is 7.11 Å². The molecule has 0 amide bonds. The molecule has 1 aliphatic heterocycles. The van der Waals surface area contributed by atoms with Crippen LogP contribution in [0.1, 0.15) is 41.3 Å². The van der Waals surface area contributed by atoms with E-state index in [9.17, 15) is 0 Å². The molecule has 5 heteroatoms. The molecule has 0 saturated carbocycles. The molecular weight excluding hydrogens is 326 g/mol. The molecule has 0 N–H and O–H groups in total. The Labute approximate surface area is 153 Å². The third-order valence-corrected chi connectivity index (χ3v) is 5.07. The van der Waals surface area contributed by atoms with Crippen molar-refractivity contribution in [2.45, 2.75) is 31.8 Å². The molecule has 3 aromatic rings. The van der Waals surface area contributed by atoms with Crippen molar-refractivity contribution in [3.05, 3.63) is 77.5 Å². The van der Waals surface area contributed by atoms with Crippen molar-refractivity contribution in [1.82, 2.24) is 15.1 Å². The molecule has 26 heavy (non-hydrogen) atoms. The summed E-state index contributed by atoms with van der Waals surface area (Å²) < 4.78 is 11.1. The summed E-state index contributed by atoms with van der Waals surface area (Å²) in [6.45, 7) is 3.47. The maximum atomic E-state index is 5.63. The molecule has 1 fully saturated rings. The molecule has 1 aliphatic rings. The van der Waals surface area contributed by atoms with Crippen molar-refractivity contribution in [1.29, 1.82) is 0 Å². The minimum Gasteiger partial charge on any atom is -0.497 e. The third-order valence-electron chi connectivity index (χ3n) is 5.07. The van der Waals surface area contributed by atoms with Crippen LogP contribution in [0.15, 0.2) is 59.0 Å². The van der Waals surface area contributed by atoms with Gasteiger partial charge in [0.1, 0.15) is 5.75 Å². The van der Waals surface area contributed by atoms with E-state index >= 15 is 0 Å². The van der Waals surface area contributed by atoms with E-state index < -0.39 is 0 Å². The summed E-state index contributed by atoms with van der Waals surface area (Å²) in [5.74, 6) is 2.59. The summed E-state index contributed by atoms with van der Waals surface area (Å²) in [5, 5.41) is 8.15. The third kappa shape index (κ3) is 3.35. The summed E-state index contributed by atoms with van der Waals surface area (Å²) in [6, 6.07) is 19.3. The van der Waals surface area contributed by atoms with Gasteiger partial charge in [0.2, 0.25) is 11.8 Å². The van der Waals surface area contributed by atoms with E-state index in [-0.39, 0.29) is 6.04 Å². The summed E-state index contributed by atoms with van der Waals surface area (Å²) >= 11 is 0. The molecule has 0 aliphatic carbocycles. The highest BCUT2D eigenvalue weighted by Gasteiger charge is 2.37. The summed E-state index contributed by atoms with van der Waals surface area (Å²) in [7, 11) is 1.71. The number of ether oxygens (including phenoxy) is 1. The zero-order valence-electron chi connectivity index (χ0n) is 15.1. The molecule has 0 bridgehead atoms. The van der Waals surface area contributed by atoms with Crippen LogP contribution in [0, 0.1) is 6.92 Å². The Morgan fingerprint density at radius 1 is 1.08 bits per heavy atom. The zero-order valence-corrected chi connectivity index (χ0v) is 15.1. The van der Waals surface area contributed by atoms with Gasteiger partial charge in [-0.1, -0.05) is 42.5 Å². The number of methoxy groups -OCH3 is 1. The number of rotatable bonds is 5. The minimum absolute atomic E-state index is 0.250. The van der Waals surface area contributed by atoms with E-state index in [1.807, 2.05) is 13.0 Å². The molecule has 0 spiro atoms. The molecule has 2 heterocycles.